The van der Waals surface area contributed by atoms with E-state index in [1.807, 2.05) is 25.1 Å². The highest BCUT2D eigenvalue weighted by atomic mass is 32.2. The predicted octanol–water partition coefficient (Wildman–Crippen LogP) is 2.40. The summed E-state index contributed by atoms with van der Waals surface area (Å²) in [6.45, 7) is 7.48. The van der Waals surface area contributed by atoms with E-state index in [2.05, 4.69) is 28.6 Å². The average molecular weight is 299 g/mol. The lowest BCUT2D eigenvalue weighted by Gasteiger charge is -2.15. The van der Waals surface area contributed by atoms with Gasteiger partial charge in [-0.15, -0.1) is 0 Å². The Morgan fingerprint density at radius 3 is 2.50 bits per heavy atom. The van der Waals surface area contributed by atoms with Crippen LogP contribution in [0.1, 0.15) is 45.2 Å². The summed E-state index contributed by atoms with van der Waals surface area (Å²) < 4.78 is 28.6. The van der Waals surface area contributed by atoms with Crippen molar-refractivity contribution in [3.8, 4) is 0 Å². The quantitative estimate of drug-likeness (QED) is 0.656. The molecule has 0 amide bonds. The molecule has 3 N–H and O–H groups in total. The third kappa shape index (κ3) is 5.90. The first-order valence-electron chi connectivity index (χ1n) is 7.09. The molecule has 1 aromatic rings. The SMILES string of the molecule is CCCNC(C)c1cccc(NS(=O)(=O)NCCC)c1. The molecule has 1 rings (SSSR count). The average Bonchev–Trinajstić information content (AvgIpc) is 2.42. The highest BCUT2D eigenvalue weighted by Crippen LogP contribution is 2.18. The van der Waals surface area contributed by atoms with Crippen molar-refractivity contribution in [2.24, 2.45) is 0 Å². The van der Waals surface area contributed by atoms with Crippen molar-refractivity contribution < 1.29 is 8.42 Å². The van der Waals surface area contributed by atoms with Gasteiger partial charge >= 0.3 is 0 Å². The zero-order valence-electron chi connectivity index (χ0n) is 12.4. The van der Waals surface area contributed by atoms with Crippen molar-refractivity contribution in [2.45, 2.75) is 39.7 Å². The summed E-state index contributed by atoms with van der Waals surface area (Å²) in [7, 11) is -3.48. The zero-order chi connectivity index (χ0) is 15.0. The molecular formula is C14H25N3O2S. The Morgan fingerprint density at radius 2 is 1.85 bits per heavy atom. The number of hydrogen-bond donors (Lipinski definition) is 3. The first-order chi connectivity index (χ1) is 9.48. The summed E-state index contributed by atoms with van der Waals surface area (Å²) in [4.78, 5) is 0. The number of hydrogen-bond acceptors (Lipinski definition) is 3. The van der Waals surface area contributed by atoms with E-state index in [0.29, 0.717) is 12.2 Å². The van der Waals surface area contributed by atoms with Crippen molar-refractivity contribution in [1.82, 2.24) is 10.0 Å². The number of benzene rings is 1. The van der Waals surface area contributed by atoms with Gasteiger partial charge < -0.3 is 5.32 Å². The van der Waals surface area contributed by atoms with E-state index in [1.54, 1.807) is 6.07 Å². The molecule has 5 nitrogen and oxygen atoms in total. The smallest absolute Gasteiger partial charge is 0.299 e. The number of rotatable bonds is 9. The van der Waals surface area contributed by atoms with Crippen LogP contribution in [0.5, 0.6) is 0 Å². The fraction of sp³-hybridized carbons (Fsp3) is 0.571. The minimum Gasteiger partial charge on any atom is -0.310 e. The van der Waals surface area contributed by atoms with Gasteiger partial charge in [-0.3, -0.25) is 4.72 Å². The third-order valence-electron chi connectivity index (χ3n) is 2.88. The van der Waals surface area contributed by atoms with Crippen LogP contribution >= 0.6 is 0 Å². The summed E-state index contributed by atoms with van der Waals surface area (Å²) in [5.41, 5.74) is 1.64. The Bertz CT molecular complexity index is 503. The van der Waals surface area contributed by atoms with Crippen LogP contribution in [0, 0.1) is 0 Å². The van der Waals surface area contributed by atoms with Crippen LogP contribution in [0.3, 0.4) is 0 Å². The van der Waals surface area contributed by atoms with Gasteiger partial charge in [-0.05, 0) is 44.0 Å². The number of nitrogens with one attached hydrogen (secondary N) is 3. The minimum absolute atomic E-state index is 0.197. The molecular weight excluding hydrogens is 274 g/mol. The van der Waals surface area contributed by atoms with Gasteiger partial charge in [-0.2, -0.15) is 13.1 Å². The van der Waals surface area contributed by atoms with Crippen LogP contribution in [0.2, 0.25) is 0 Å². The van der Waals surface area contributed by atoms with E-state index in [9.17, 15) is 8.42 Å². The van der Waals surface area contributed by atoms with E-state index in [4.69, 9.17) is 0 Å². The lowest BCUT2D eigenvalue weighted by molar-refractivity contribution is 0.570. The Kier molecular flexibility index (Phi) is 6.98. The van der Waals surface area contributed by atoms with E-state index < -0.39 is 10.2 Å². The van der Waals surface area contributed by atoms with Crippen molar-refractivity contribution in [1.29, 1.82) is 0 Å². The van der Waals surface area contributed by atoms with Gasteiger partial charge in [0.15, 0.2) is 0 Å². The van der Waals surface area contributed by atoms with Crippen molar-refractivity contribution in [3.05, 3.63) is 29.8 Å². The lowest BCUT2D eigenvalue weighted by atomic mass is 10.1. The maximum absolute atomic E-state index is 11.8. The maximum atomic E-state index is 11.8. The molecule has 0 radical (unpaired) electrons. The zero-order valence-corrected chi connectivity index (χ0v) is 13.3. The Hall–Kier alpha value is -1.11. The highest BCUT2D eigenvalue weighted by molar-refractivity contribution is 7.90. The molecule has 0 fully saturated rings. The lowest BCUT2D eigenvalue weighted by Crippen LogP contribution is -2.30. The topological polar surface area (TPSA) is 70.2 Å². The molecule has 0 heterocycles. The van der Waals surface area contributed by atoms with Crippen LogP contribution in [-0.4, -0.2) is 21.5 Å². The van der Waals surface area contributed by atoms with E-state index >= 15 is 0 Å². The fourth-order valence-corrected chi connectivity index (χ4v) is 2.76. The van der Waals surface area contributed by atoms with Crippen LogP contribution in [0.25, 0.3) is 0 Å². The van der Waals surface area contributed by atoms with Crippen LogP contribution in [0.4, 0.5) is 5.69 Å². The van der Waals surface area contributed by atoms with Crippen molar-refractivity contribution in [3.63, 3.8) is 0 Å². The second-order valence-electron chi connectivity index (χ2n) is 4.80. The normalized spacial score (nSPS) is 13.2. The van der Waals surface area contributed by atoms with Crippen molar-refractivity contribution >= 4 is 15.9 Å². The van der Waals surface area contributed by atoms with Crippen LogP contribution in [-0.2, 0) is 10.2 Å². The molecule has 6 heteroatoms. The number of anilines is 1. The summed E-state index contributed by atoms with van der Waals surface area (Å²) >= 11 is 0. The van der Waals surface area contributed by atoms with Gasteiger partial charge in [0.1, 0.15) is 0 Å². The molecule has 20 heavy (non-hydrogen) atoms. The Morgan fingerprint density at radius 1 is 1.15 bits per heavy atom. The fourth-order valence-electron chi connectivity index (χ4n) is 1.78. The Labute approximate surface area is 122 Å². The first-order valence-corrected chi connectivity index (χ1v) is 8.57. The van der Waals surface area contributed by atoms with Gasteiger partial charge in [0, 0.05) is 12.6 Å². The molecule has 1 aromatic carbocycles. The molecule has 0 saturated heterocycles. The van der Waals surface area contributed by atoms with Gasteiger partial charge in [-0.1, -0.05) is 26.0 Å². The molecule has 0 aliphatic heterocycles. The first kappa shape index (κ1) is 16.9. The molecule has 0 bridgehead atoms. The van der Waals surface area contributed by atoms with E-state index in [1.165, 1.54) is 0 Å². The molecule has 1 atom stereocenters. The van der Waals surface area contributed by atoms with Gasteiger partial charge in [0.2, 0.25) is 0 Å². The summed E-state index contributed by atoms with van der Waals surface area (Å²) in [6, 6.07) is 7.66. The second-order valence-corrected chi connectivity index (χ2v) is 6.30. The third-order valence-corrected chi connectivity index (χ3v) is 3.97. The largest absolute Gasteiger partial charge is 0.310 e. The standard InChI is InChI=1S/C14H25N3O2S/c1-4-9-15-12(3)13-7-6-8-14(11-13)17-20(18,19)16-10-5-2/h6-8,11-12,15-17H,4-5,9-10H2,1-3H3. The maximum Gasteiger partial charge on any atom is 0.299 e. The van der Waals surface area contributed by atoms with Gasteiger partial charge in [0.05, 0.1) is 5.69 Å². The van der Waals surface area contributed by atoms with Crippen molar-refractivity contribution in [2.75, 3.05) is 17.8 Å². The van der Waals surface area contributed by atoms with E-state index in [0.717, 1.165) is 24.9 Å². The van der Waals surface area contributed by atoms with E-state index in [-0.39, 0.29) is 6.04 Å². The second kappa shape index (κ2) is 8.24. The van der Waals surface area contributed by atoms with Gasteiger partial charge in [0.25, 0.3) is 10.2 Å². The van der Waals surface area contributed by atoms with Gasteiger partial charge in [-0.25, -0.2) is 0 Å². The summed E-state index contributed by atoms with van der Waals surface area (Å²) in [6.07, 6.45) is 1.83. The highest BCUT2D eigenvalue weighted by Gasteiger charge is 2.10. The molecule has 114 valence electrons. The Balaban J connectivity index is 2.73. The van der Waals surface area contributed by atoms with Crippen LogP contribution < -0.4 is 14.8 Å². The molecule has 0 saturated carbocycles. The predicted molar refractivity (Wildman–Crippen MR) is 84.0 cm³/mol. The minimum atomic E-state index is -3.48. The molecule has 0 aromatic heterocycles. The molecule has 0 spiro atoms. The molecule has 0 aliphatic carbocycles. The van der Waals surface area contributed by atoms with Crippen LogP contribution in [0.15, 0.2) is 24.3 Å². The monoisotopic (exact) mass is 299 g/mol. The summed E-state index contributed by atoms with van der Waals surface area (Å²) in [5, 5.41) is 3.38. The molecule has 1 unspecified atom stereocenters. The molecule has 0 aliphatic rings. The summed E-state index contributed by atoms with van der Waals surface area (Å²) in [5.74, 6) is 0.